The number of aliphatic hydroxyl groups excluding tert-OH is 1. The van der Waals surface area contributed by atoms with E-state index in [2.05, 4.69) is 5.32 Å². The maximum atomic E-state index is 12.1. The highest BCUT2D eigenvalue weighted by atomic mass is 32.2. The van der Waals surface area contributed by atoms with Gasteiger partial charge in [-0.1, -0.05) is 6.07 Å². The molecule has 0 unspecified atom stereocenters. The van der Waals surface area contributed by atoms with E-state index >= 15 is 0 Å². The predicted octanol–water partition coefficient (Wildman–Crippen LogP) is 1.82. The van der Waals surface area contributed by atoms with E-state index < -0.39 is 10.0 Å². The Morgan fingerprint density at radius 1 is 1.20 bits per heavy atom. The number of aryl methyl sites for hydroxylation is 1. The van der Waals surface area contributed by atoms with Crippen LogP contribution in [-0.4, -0.2) is 45.1 Å². The number of benzene rings is 1. The standard InChI is InChI=1S/C14H24N2O3S/c1-12-7-8-13(20(18,19)16(2)3)11-14(12)15-9-5-4-6-10-17/h7-8,11,15,17H,4-6,9-10H2,1-3H3. The van der Waals surface area contributed by atoms with Gasteiger partial charge in [-0.3, -0.25) is 0 Å². The number of unbranched alkanes of at least 4 members (excludes halogenated alkanes) is 2. The summed E-state index contributed by atoms with van der Waals surface area (Å²) >= 11 is 0. The summed E-state index contributed by atoms with van der Waals surface area (Å²) in [7, 11) is -0.345. The number of sulfonamides is 1. The van der Waals surface area contributed by atoms with Crippen molar-refractivity contribution < 1.29 is 13.5 Å². The van der Waals surface area contributed by atoms with Crippen molar-refractivity contribution in [3.8, 4) is 0 Å². The summed E-state index contributed by atoms with van der Waals surface area (Å²) in [5.74, 6) is 0. The summed E-state index contributed by atoms with van der Waals surface area (Å²) in [6, 6.07) is 5.12. The molecule has 0 spiro atoms. The fourth-order valence-electron chi connectivity index (χ4n) is 1.80. The normalized spacial score (nSPS) is 11.8. The number of aliphatic hydroxyl groups is 1. The lowest BCUT2D eigenvalue weighted by Gasteiger charge is -2.15. The van der Waals surface area contributed by atoms with Crippen LogP contribution >= 0.6 is 0 Å². The number of anilines is 1. The van der Waals surface area contributed by atoms with Gasteiger partial charge in [0, 0.05) is 32.9 Å². The van der Waals surface area contributed by atoms with Gasteiger partial charge < -0.3 is 10.4 Å². The molecule has 0 saturated carbocycles. The van der Waals surface area contributed by atoms with E-state index in [4.69, 9.17) is 5.11 Å². The van der Waals surface area contributed by atoms with Gasteiger partial charge in [0.2, 0.25) is 10.0 Å². The van der Waals surface area contributed by atoms with E-state index in [-0.39, 0.29) is 6.61 Å². The third-order valence-corrected chi connectivity index (χ3v) is 4.95. The van der Waals surface area contributed by atoms with Gasteiger partial charge in [-0.2, -0.15) is 0 Å². The Labute approximate surface area is 121 Å². The number of hydrogen-bond acceptors (Lipinski definition) is 4. The lowest BCUT2D eigenvalue weighted by atomic mass is 10.2. The zero-order valence-electron chi connectivity index (χ0n) is 12.4. The van der Waals surface area contributed by atoms with Crippen molar-refractivity contribution in [1.82, 2.24) is 4.31 Å². The van der Waals surface area contributed by atoms with Gasteiger partial charge in [-0.15, -0.1) is 0 Å². The van der Waals surface area contributed by atoms with Gasteiger partial charge in [0.1, 0.15) is 0 Å². The minimum Gasteiger partial charge on any atom is -0.396 e. The first kappa shape index (κ1) is 16.9. The number of nitrogens with zero attached hydrogens (tertiary/aromatic N) is 1. The maximum absolute atomic E-state index is 12.1. The average molecular weight is 300 g/mol. The Bertz CT molecular complexity index is 527. The molecule has 0 amide bonds. The molecule has 0 atom stereocenters. The summed E-state index contributed by atoms with van der Waals surface area (Å²) in [6.45, 7) is 2.93. The Kier molecular flexibility index (Phi) is 6.45. The summed E-state index contributed by atoms with van der Waals surface area (Å²) in [6.07, 6.45) is 2.71. The largest absolute Gasteiger partial charge is 0.396 e. The van der Waals surface area contributed by atoms with E-state index in [9.17, 15) is 8.42 Å². The van der Waals surface area contributed by atoms with Crippen molar-refractivity contribution in [2.75, 3.05) is 32.6 Å². The van der Waals surface area contributed by atoms with Crippen LogP contribution in [0.1, 0.15) is 24.8 Å². The van der Waals surface area contributed by atoms with Crippen molar-refractivity contribution in [1.29, 1.82) is 0 Å². The SMILES string of the molecule is Cc1ccc(S(=O)(=O)N(C)C)cc1NCCCCCO. The van der Waals surface area contributed by atoms with Crippen molar-refractivity contribution in [2.45, 2.75) is 31.1 Å². The molecular weight excluding hydrogens is 276 g/mol. The first-order valence-electron chi connectivity index (χ1n) is 6.77. The van der Waals surface area contributed by atoms with Gasteiger partial charge in [-0.25, -0.2) is 12.7 Å². The minimum absolute atomic E-state index is 0.218. The van der Waals surface area contributed by atoms with Crippen molar-refractivity contribution in [3.05, 3.63) is 23.8 Å². The first-order valence-corrected chi connectivity index (χ1v) is 8.21. The number of hydrogen-bond donors (Lipinski definition) is 2. The summed E-state index contributed by atoms with van der Waals surface area (Å²) < 4.78 is 25.4. The second-order valence-electron chi connectivity index (χ2n) is 4.98. The summed E-state index contributed by atoms with van der Waals surface area (Å²) in [5.41, 5.74) is 1.86. The zero-order valence-corrected chi connectivity index (χ0v) is 13.2. The van der Waals surface area contributed by atoms with E-state index in [1.807, 2.05) is 13.0 Å². The van der Waals surface area contributed by atoms with Crippen LogP contribution in [0, 0.1) is 6.92 Å². The third-order valence-electron chi connectivity index (χ3n) is 3.14. The van der Waals surface area contributed by atoms with Crippen LogP contribution in [-0.2, 0) is 10.0 Å². The van der Waals surface area contributed by atoms with Gasteiger partial charge in [0.05, 0.1) is 4.90 Å². The molecule has 0 saturated heterocycles. The molecule has 20 heavy (non-hydrogen) atoms. The summed E-state index contributed by atoms with van der Waals surface area (Å²) in [5, 5.41) is 12.0. The molecule has 0 radical (unpaired) electrons. The Balaban J connectivity index is 2.77. The molecule has 0 aliphatic rings. The zero-order chi connectivity index (χ0) is 15.2. The van der Waals surface area contributed by atoms with Crippen molar-refractivity contribution in [2.24, 2.45) is 0 Å². The average Bonchev–Trinajstić information content (AvgIpc) is 2.40. The smallest absolute Gasteiger partial charge is 0.242 e. The van der Waals surface area contributed by atoms with Crippen LogP contribution in [0.2, 0.25) is 0 Å². The van der Waals surface area contributed by atoms with Gasteiger partial charge >= 0.3 is 0 Å². The fraction of sp³-hybridized carbons (Fsp3) is 0.571. The maximum Gasteiger partial charge on any atom is 0.242 e. The molecule has 114 valence electrons. The lowest BCUT2D eigenvalue weighted by Crippen LogP contribution is -2.22. The number of rotatable bonds is 8. The van der Waals surface area contributed by atoms with Gasteiger partial charge in [0.15, 0.2) is 0 Å². The molecule has 0 aliphatic carbocycles. The van der Waals surface area contributed by atoms with E-state index in [0.29, 0.717) is 4.90 Å². The molecule has 0 bridgehead atoms. The molecule has 1 aromatic rings. The van der Waals surface area contributed by atoms with Crippen LogP contribution in [0.3, 0.4) is 0 Å². The second kappa shape index (κ2) is 7.61. The molecular formula is C14H24N2O3S. The monoisotopic (exact) mass is 300 g/mol. The molecule has 0 aliphatic heterocycles. The summed E-state index contributed by atoms with van der Waals surface area (Å²) in [4.78, 5) is 0.297. The van der Waals surface area contributed by atoms with E-state index in [1.165, 1.54) is 18.4 Å². The first-order chi connectivity index (χ1) is 9.39. The molecule has 1 aromatic carbocycles. The highest BCUT2D eigenvalue weighted by Gasteiger charge is 2.17. The predicted molar refractivity (Wildman–Crippen MR) is 81.5 cm³/mol. The van der Waals surface area contributed by atoms with E-state index in [0.717, 1.165) is 37.1 Å². The van der Waals surface area contributed by atoms with Crippen LogP contribution in [0.5, 0.6) is 0 Å². The third kappa shape index (κ3) is 4.47. The van der Waals surface area contributed by atoms with E-state index in [1.54, 1.807) is 12.1 Å². The molecule has 5 nitrogen and oxygen atoms in total. The quantitative estimate of drug-likeness (QED) is 0.719. The Morgan fingerprint density at radius 2 is 1.90 bits per heavy atom. The molecule has 0 fully saturated rings. The van der Waals surface area contributed by atoms with Crippen LogP contribution in [0.25, 0.3) is 0 Å². The fourth-order valence-corrected chi connectivity index (χ4v) is 2.73. The number of nitrogens with one attached hydrogen (secondary N) is 1. The Morgan fingerprint density at radius 3 is 2.50 bits per heavy atom. The molecule has 0 aromatic heterocycles. The molecule has 0 heterocycles. The van der Waals surface area contributed by atoms with Crippen LogP contribution in [0.15, 0.2) is 23.1 Å². The Hall–Kier alpha value is -1.11. The van der Waals surface area contributed by atoms with Crippen LogP contribution < -0.4 is 5.32 Å². The topological polar surface area (TPSA) is 69.6 Å². The van der Waals surface area contributed by atoms with Crippen molar-refractivity contribution >= 4 is 15.7 Å². The van der Waals surface area contributed by atoms with Gasteiger partial charge in [0.25, 0.3) is 0 Å². The second-order valence-corrected chi connectivity index (χ2v) is 7.13. The molecule has 6 heteroatoms. The van der Waals surface area contributed by atoms with Gasteiger partial charge in [-0.05, 0) is 43.9 Å². The highest BCUT2D eigenvalue weighted by Crippen LogP contribution is 2.22. The molecule has 2 N–H and O–H groups in total. The highest BCUT2D eigenvalue weighted by molar-refractivity contribution is 7.89. The molecule has 1 rings (SSSR count). The lowest BCUT2D eigenvalue weighted by molar-refractivity contribution is 0.283. The van der Waals surface area contributed by atoms with Crippen LogP contribution in [0.4, 0.5) is 5.69 Å². The minimum atomic E-state index is -3.40. The van der Waals surface area contributed by atoms with Crippen molar-refractivity contribution in [3.63, 3.8) is 0 Å².